The molecule has 0 bridgehead atoms. The second-order valence-electron chi connectivity index (χ2n) is 7.93. The van der Waals surface area contributed by atoms with Crippen molar-refractivity contribution >= 4 is 43.9 Å². The van der Waals surface area contributed by atoms with Crippen LogP contribution in [0.1, 0.15) is 0 Å². The Morgan fingerprint density at radius 1 is 1.03 bits per heavy atom. The summed E-state index contributed by atoms with van der Waals surface area (Å²) in [5.74, 6) is 1.38. The second-order valence-corrected chi connectivity index (χ2v) is 10.5. The van der Waals surface area contributed by atoms with Crippen molar-refractivity contribution in [3.05, 3.63) is 54.9 Å². The highest BCUT2D eigenvalue weighted by Crippen LogP contribution is 2.23. The van der Waals surface area contributed by atoms with Crippen LogP contribution in [0, 0.1) is 0 Å². The number of nitrogens with zero attached hydrogens (tertiary/aromatic N) is 7. The van der Waals surface area contributed by atoms with E-state index in [-0.39, 0.29) is 0 Å². The van der Waals surface area contributed by atoms with Gasteiger partial charge in [0.25, 0.3) is 0 Å². The van der Waals surface area contributed by atoms with E-state index in [2.05, 4.69) is 46.8 Å². The van der Waals surface area contributed by atoms with Crippen LogP contribution in [0.15, 0.2) is 59.2 Å². The second kappa shape index (κ2) is 8.75. The lowest BCUT2D eigenvalue weighted by atomic mass is 10.2. The van der Waals surface area contributed by atoms with Crippen molar-refractivity contribution in [2.75, 3.05) is 49.0 Å². The zero-order valence-electron chi connectivity index (χ0n) is 18.4. The first-order chi connectivity index (χ1) is 15.9. The molecule has 11 heteroatoms. The molecule has 4 aromatic rings. The molecule has 0 saturated carbocycles. The molecule has 0 spiro atoms. The summed E-state index contributed by atoms with van der Waals surface area (Å²) in [6.07, 6.45) is 6.55. The molecule has 170 valence electrons. The van der Waals surface area contributed by atoms with Crippen molar-refractivity contribution in [2.24, 2.45) is 4.36 Å². The number of benzene rings is 1. The first kappa shape index (κ1) is 21.3. The van der Waals surface area contributed by atoms with Gasteiger partial charge in [0.15, 0.2) is 17.3 Å². The summed E-state index contributed by atoms with van der Waals surface area (Å²) in [5.41, 5.74) is 2.66. The highest BCUT2D eigenvalue weighted by atomic mass is 32.2. The van der Waals surface area contributed by atoms with E-state index < -0.39 is 9.73 Å². The minimum absolute atomic E-state index is 0.388. The number of hydrogen-bond donors (Lipinski definition) is 1. The van der Waals surface area contributed by atoms with Crippen LogP contribution in [0.5, 0.6) is 0 Å². The maximum Gasteiger partial charge on any atom is 0.229 e. The van der Waals surface area contributed by atoms with Crippen LogP contribution in [-0.4, -0.2) is 67.8 Å². The van der Waals surface area contributed by atoms with Crippen LogP contribution in [0.3, 0.4) is 0 Å². The Morgan fingerprint density at radius 2 is 1.82 bits per heavy atom. The van der Waals surface area contributed by atoms with Gasteiger partial charge < -0.3 is 15.0 Å². The average molecular weight is 465 g/mol. The molecular weight excluding hydrogens is 440 g/mol. The topological polar surface area (TPSA) is 110 Å². The van der Waals surface area contributed by atoms with E-state index in [1.54, 1.807) is 47.8 Å². The van der Waals surface area contributed by atoms with E-state index in [1.165, 1.54) is 0 Å². The van der Waals surface area contributed by atoms with E-state index in [0.717, 1.165) is 43.1 Å². The summed E-state index contributed by atoms with van der Waals surface area (Å²) in [4.78, 5) is 15.8. The van der Waals surface area contributed by atoms with E-state index in [0.29, 0.717) is 23.2 Å². The molecule has 1 aliphatic heterocycles. The van der Waals surface area contributed by atoms with Crippen molar-refractivity contribution in [1.82, 2.24) is 24.7 Å². The van der Waals surface area contributed by atoms with Crippen molar-refractivity contribution in [3.63, 3.8) is 0 Å². The summed E-state index contributed by atoms with van der Waals surface area (Å²) in [6.45, 7) is 3.30. The Morgan fingerprint density at radius 3 is 2.58 bits per heavy atom. The van der Waals surface area contributed by atoms with Crippen LogP contribution in [0.25, 0.3) is 16.9 Å². The summed E-state index contributed by atoms with van der Waals surface area (Å²) in [5, 5.41) is 8.44. The molecule has 0 amide bonds. The van der Waals surface area contributed by atoms with Crippen molar-refractivity contribution in [3.8, 4) is 5.82 Å². The van der Waals surface area contributed by atoms with Gasteiger partial charge in [-0.2, -0.15) is 19.1 Å². The Balaban J connectivity index is 1.41. The molecule has 0 aliphatic carbocycles. The van der Waals surface area contributed by atoms with Crippen molar-refractivity contribution < 1.29 is 8.95 Å². The molecule has 0 unspecified atom stereocenters. The Bertz CT molecular complexity index is 1400. The van der Waals surface area contributed by atoms with E-state index in [1.807, 2.05) is 12.1 Å². The molecule has 1 N–H and O–H groups in total. The van der Waals surface area contributed by atoms with E-state index in [9.17, 15) is 4.21 Å². The highest BCUT2D eigenvalue weighted by Gasteiger charge is 2.12. The number of rotatable bonds is 5. The fraction of sp³-hybridized carbons (Fsp3) is 0.273. The van der Waals surface area contributed by atoms with Crippen LogP contribution in [0.4, 0.5) is 23.1 Å². The molecule has 4 heterocycles. The Kier molecular flexibility index (Phi) is 5.65. The highest BCUT2D eigenvalue weighted by molar-refractivity contribution is 7.92. The van der Waals surface area contributed by atoms with Gasteiger partial charge in [-0.15, -0.1) is 0 Å². The maximum atomic E-state index is 12.0. The number of aromatic nitrogens is 5. The largest absolute Gasteiger partial charge is 0.378 e. The molecular formula is C22H24N8O2S. The van der Waals surface area contributed by atoms with E-state index >= 15 is 0 Å². The summed E-state index contributed by atoms with van der Waals surface area (Å²) >= 11 is 0. The molecule has 1 fully saturated rings. The predicted octanol–water partition coefficient (Wildman–Crippen LogP) is 3.15. The zero-order chi connectivity index (χ0) is 22.8. The molecule has 1 saturated heterocycles. The molecule has 3 aromatic heterocycles. The number of nitrogens with one attached hydrogen (secondary N) is 1. The quantitative estimate of drug-likeness (QED) is 0.480. The number of anilines is 3. The lowest BCUT2D eigenvalue weighted by Gasteiger charge is -2.28. The number of ether oxygens (including phenoxy) is 1. The first-order valence-electron chi connectivity index (χ1n) is 10.5. The third-order valence-corrected chi connectivity index (χ3v) is 5.69. The molecule has 1 aromatic carbocycles. The maximum absolute atomic E-state index is 12.0. The molecule has 5 rings (SSSR count). The van der Waals surface area contributed by atoms with Gasteiger partial charge in [0.1, 0.15) is 0 Å². The lowest BCUT2D eigenvalue weighted by Crippen LogP contribution is -2.36. The average Bonchev–Trinajstić information content (AvgIpc) is 3.23. The third kappa shape index (κ3) is 4.94. The first-order valence-corrected chi connectivity index (χ1v) is 12.8. The van der Waals surface area contributed by atoms with Gasteiger partial charge in [-0.25, -0.2) is 14.2 Å². The van der Waals surface area contributed by atoms with Crippen LogP contribution < -0.4 is 10.2 Å². The van der Waals surface area contributed by atoms with Gasteiger partial charge in [0, 0.05) is 52.9 Å². The van der Waals surface area contributed by atoms with Crippen LogP contribution >= 0.6 is 0 Å². The lowest BCUT2D eigenvalue weighted by molar-refractivity contribution is 0.122. The van der Waals surface area contributed by atoms with Gasteiger partial charge in [-0.05, 0) is 36.4 Å². The summed E-state index contributed by atoms with van der Waals surface area (Å²) in [6, 6.07) is 13.5. The smallest absolute Gasteiger partial charge is 0.229 e. The summed E-state index contributed by atoms with van der Waals surface area (Å²) < 4.78 is 23.2. The number of hydrogen-bond acceptors (Lipinski definition) is 9. The number of pyridine rings is 1. The van der Waals surface area contributed by atoms with Crippen LogP contribution in [0.2, 0.25) is 0 Å². The number of fused-ring (bicyclic) bond motifs is 1. The molecule has 1 aliphatic rings. The molecule has 0 atom stereocenters. The van der Waals surface area contributed by atoms with Gasteiger partial charge in [0.2, 0.25) is 5.95 Å². The SMILES string of the molecule is CS(C)(=O)=Nc1cccc(-n2ncc3cnc(Nc4ccc(N5CCOCC5)cc4)nc32)n1. The minimum atomic E-state index is -2.32. The molecule has 33 heavy (non-hydrogen) atoms. The predicted molar refractivity (Wildman–Crippen MR) is 129 cm³/mol. The monoisotopic (exact) mass is 464 g/mol. The zero-order valence-corrected chi connectivity index (χ0v) is 19.2. The van der Waals surface area contributed by atoms with Gasteiger partial charge in [-0.3, -0.25) is 0 Å². The normalized spacial score (nSPS) is 14.4. The van der Waals surface area contributed by atoms with Crippen molar-refractivity contribution in [1.29, 1.82) is 0 Å². The third-order valence-electron chi connectivity index (χ3n) is 5.06. The van der Waals surface area contributed by atoms with Gasteiger partial charge in [0.05, 0.1) is 24.8 Å². The Hall–Kier alpha value is -3.57. The van der Waals surface area contributed by atoms with Gasteiger partial charge in [-0.1, -0.05) is 6.07 Å². The molecule has 10 nitrogen and oxygen atoms in total. The van der Waals surface area contributed by atoms with Crippen molar-refractivity contribution in [2.45, 2.75) is 0 Å². The molecule has 0 radical (unpaired) electrons. The number of morpholine rings is 1. The van der Waals surface area contributed by atoms with E-state index in [4.69, 9.17) is 4.74 Å². The fourth-order valence-corrected chi connectivity index (χ4v) is 4.11. The Labute approximate surface area is 191 Å². The van der Waals surface area contributed by atoms with Gasteiger partial charge >= 0.3 is 0 Å². The standard InChI is InChI=1S/C22H24N8O2S/c1-33(2,31)28-19-4-3-5-20(26-19)30-21-16(15-24-30)14-23-22(27-21)25-17-6-8-18(9-7-17)29-10-12-32-13-11-29/h3-9,14-15H,10-13H2,1-2H3,(H,23,25,27). The minimum Gasteiger partial charge on any atom is -0.378 e. The van der Waals surface area contributed by atoms with Crippen LogP contribution in [-0.2, 0) is 14.5 Å². The summed E-state index contributed by atoms with van der Waals surface area (Å²) in [7, 11) is -2.32. The fourth-order valence-electron chi connectivity index (χ4n) is 3.56.